The first kappa shape index (κ1) is 13.4. The van der Waals surface area contributed by atoms with Gasteiger partial charge in [0.25, 0.3) is 0 Å². The van der Waals surface area contributed by atoms with Crippen molar-refractivity contribution in [3.8, 4) is 0 Å². The van der Waals surface area contributed by atoms with E-state index in [2.05, 4.69) is 58.0 Å². The van der Waals surface area contributed by atoms with E-state index in [-0.39, 0.29) is 0 Å². The molecule has 1 aromatic rings. The second-order valence-electron chi connectivity index (χ2n) is 6.47. The summed E-state index contributed by atoms with van der Waals surface area (Å²) in [5.41, 5.74) is 4.77. The van der Waals surface area contributed by atoms with Crippen LogP contribution in [0.15, 0.2) is 30.3 Å². The van der Waals surface area contributed by atoms with Gasteiger partial charge in [-0.2, -0.15) is 0 Å². The summed E-state index contributed by atoms with van der Waals surface area (Å²) in [4.78, 5) is 0. The van der Waals surface area contributed by atoms with Gasteiger partial charge < -0.3 is 0 Å². The molecule has 98 valence electrons. The van der Waals surface area contributed by atoms with Gasteiger partial charge in [-0.15, -0.1) is 0 Å². The molecule has 0 nitrogen and oxygen atoms in total. The summed E-state index contributed by atoms with van der Waals surface area (Å²) in [5.74, 6) is 0.758. The maximum absolute atomic E-state index is 2.54. The van der Waals surface area contributed by atoms with Crippen molar-refractivity contribution >= 4 is 5.57 Å². The van der Waals surface area contributed by atoms with Crippen LogP contribution in [0.5, 0.6) is 0 Å². The zero-order valence-corrected chi connectivity index (χ0v) is 12.3. The average molecular weight is 242 g/mol. The average Bonchev–Trinajstić information content (AvgIpc) is 2.63. The molecule has 0 N–H and O–H groups in total. The highest BCUT2D eigenvalue weighted by Crippen LogP contribution is 2.47. The van der Waals surface area contributed by atoms with Gasteiger partial charge in [-0.1, -0.05) is 69.5 Å². The van der Waals surface area contributed by atoms with Crippen LogP contribution in [0.3, 0.4) is 0 Å². The molecular weight excluding hydrogens is 216 g/mol. The van der Waals surface area contributed by atoms with Gasteiger partial charge in [0.1, 0.15) is 0 Å². The van der Waals surface area contributed by atoms with Gasteiger partial charge in [-0.25, -0.2) is 0 Å². The second kappa shape index (κ2) is 5.30. The second-order valence-corrected chi connectivity index (χ2v) is 6.47. The standard InChI is InChI=1S/C18H26/c1-5-6-7-17-12-16(13-18(17,3)4)15-10-8-14(2)9-11-15/h8-12,17H,5-7,13H2,1-4H3. The summed E-state index contributed by atoms with van der Waals surface area (Å²) in [5, 5.41) is 0. The molecule has 2 rings (SSSR count). The monoisotopic (exact) mass is 242 g/mol. The van der Waals surface area contributed by atoms with E-state index in [1.54, 1.807) is 5.57 Å². The molecule has 18 heavy (non-hydrogen) atoms. The van der Waals surface area contributed by atoms with Crippen LogP contribution in [0.1, 0.15) is 57.6 Å². The molecule has 0 aliphatic heterocycles. The lowest BCUT2D eigenvalue weighted by molar-refractivity contribution is 0.268. The third-order valence-corrected chi connectivity index (χ3v) is 4.34. The minimum Gasteiger partial charge on any atom is -0.0770 e. The van der Waals surface area contributed by atoms with Gasteiger partial charge in [0, 0.05) is 0 Å². The van der Waals surface area contributed by atoms with E-state index in [0.29, 0.717) is 5.41 Å². The third-order valence-electron chi connectivity index (χ3n) is 4.34. The number of benzene rings is 1. The third kappa shape index (κ3) is 2.85. The summed E-state index contributed by atoms with van der Waals surface area (Å²) >= 11 is 0. The maximum Gasteiger partial charge on any atom is -0.0173 e. The van der Waals surface area contributed by atoms with Crippen LogP contribution in [-0.4, -0.2) is 0 Å². The Labute approximate surface area is 112 Å². The van der Waals surface area contributed by atoms with Crippen LogP contribution in [0.2, 0.25) is 0 Å². The number of aryl methyl sites for hydroxylation is 1. The van der Waals surface area contributed by atoms with Gasteiger partial charge in [0.15, 0.2) is 0 Å². The minimum absolute atomic E-state index is 0.440. The van der Waals surface area contributed by atoms with Crippen molar-refractivity contribution in [3.05, 3.63) is 41.5 Å². The molecule has 0 aromatic heterocycles. The predicted molar refractivity (Wildman–Crippen MR) is 80.6 cm³/mol. The maximum atomic E-state index is 2.54. The molecule has 1 unspecified atom stereocenters. The first-order chi connectivity index (χ1) is 8.53. The van der Waals surface area contributed by atoms with E-state index in [0.717, 1.165) is 5.92 Å². The zero-order valence-electron chi connectivity index (χ0n) is 12.3. The van der Waals surface area contributed by atoms with Crippen molar-refractivity contribution in [2.24, 2.45) is 11.3 Å². The summed E-state index contributed by atoms with van der Waals surface area (Å²) < 4.78 is 0. The Balaban J connectivity index is 2.17. The van der Waals surface area contributed by atoms with Gasteiger partial charge in [-0.3, -0.25) is 0 Å². The Morgan fingerprint density at radius 3 is 2.44 bits per heavy atom. The Hall–Kier alpha value is -1.04. The predicted octanol–water partition coefficient (Wildman–Crippen LogP) is 5.61. The van der Waals surface area contributed by atoms with Gasteiger partial charge >= 0.3 is 0 Å². The molecule has 0 radical (unpaired) electrons. The fourth-order valence-corrected chi connectivity index (χ4v) is 3.01. The van der Waals surface area contributed by atoms with Crippen LogP contribution in [0, 0.1) is 18.3 Å². The van der Waals surface area contributed by atoms with Gasteiger partial charge in [0.2, 0.25) is 0 Å². The quantitative estimate of drug-likeness (QED) is 0.643. The largest absolute Gasteiger partial charge is 0.0770 e. The molecule has 1 aromatic carbocycles. The lowest BCUT2D eigenvalue weighted by atomic mass is 9.78. The first-order valence-electron chi connectivity index (χ1n) is 7.30. The molecule has 0 bridgehead atoms. The molecule has 1 aliphatic carbocycles. The van der Waals surface area contributed by atoms with E-state index in [1.807, 2.05) is 0 Å². The topological polar surface area (TPSA) is 0 Å². The number of allylic oxidation sites excluding steroid dienone is 2. The summed E-state index contributed by atoms with van der Waals surface area (Å²) in [7, 11) is 0. The van der Waals surface area contributed by atoms with E-state index in [9.17, 15) is 0 Å². The number of unbranched alkanes of at least 4 members (excludes halogenated alkanes) is 1. The fraction of sp³-hybridized carbons (Fsp3) is 0.556. The molecule has 0 spiro atoms. The van der Waals surface area contributed by atoms with Crippen molar-refractivity contribution in [1.82, 2.24) is 0 Å². The highest BCUT2D eigenvalue weighted by atomic mass is 14.4. The van der Waals surface area contributed by atoms with Crippen LogP contribution in [0.25, 0.3) is 5.57 Å². The zero-order chi connectivity index (χ0) is 13.2. The highest BCUT2D eigenvalue weighted by molar-refractivity contribution is 5.68. The molecule has 0 fully saturated rings. The molecule has 0 heteroatoms. The van der Waals surface area contributed by atoms with Crippen molar-refractivity contribution in [1.29, 1.82) is 0 Å². The Morgan fingerprint density at radius 1 is 1.17 bits per heavy atom. The summed E-state index contributed by atoms with van der Waals surface area (Å²) in [6.45, 7) is 9.28. The van der Waals surface area contributed by atoms with Crippen molar-refractivity contribution in [2.75, 3.05) is 0 Å². The molecule has 1 aliphatic rings. The smallest absolute Gasteiger partial charge is 0.0173 e. The van der Waals surface area contributed by atoms with Crippen molar-refractivity contribution < 1.29 is 0 Å². The lowest BCUT2D eigenvalue weighted by Crippen LogP contribution is -2.17. The van der Waals surface area contributed by atoms with Crippen LogP contribution in [0.4, 0.5) is 0 Å². The van der Waals surface area contributed by atoms with E-state index in [4.69, 9.17) is 0 Å². The number of hydrogen-bond donors (Lipinski definition) is 0. The van der Waals surface area contributed by atoms with E-state index >= 15 is 0 Å². The summed E-state index contributed by atoms with van der Waals surface area (Å²) in [6.07, 6.45) is 7.77. The SMILES string of the molecule is CCCCC1C=C(c2ccc(C)cc2)CC1(C)C. The molecule has 1 atom stereocenters. The molecule has 0 heterocycles. The Kier molecular flexibility index (Phi) is 3.94. The van der Waals surface area contributed by atoms with Crippen molar-refractivity contribution in [3.63, 3.8) is 0 Å². The van der Waals surface area contributed by atoms with Gasteiger partial charge in [0.05, 0.1) is 0 Å². The molecular formula is C18H26. The number of rotatable bonds is 4. The van der Waals surface area contributed by atoms with Crippen LogP contribution < -0.4 is 0 Å². The number of hydrogen-bond acceptors (Lipinski definition) is 0. The van der Waals surface area contributed by atoms with Crippen LogP contribution in [-0.2, 0) is 0 Å². The van der Waals surface area contributed by atoms with Gasteiger partial charge in [-0.05, 0) is 42.2 Å². The van der Waals surface area contributed by atoms with E-state index in [1.165, 1.54) is 36.8 Å². The Bertz CT molecular complexity index is 420. The lowest BCUT2D eigenvalue weighted by Gasteiger charge is -2.27. The first-order valence-corrected chi connectivity index (χ1v) is 7.30. The van der Waals surface area contributed by atoms with Crippen molar-refractivity contribution in [2.45, 2.75) is 53.4 Å². The molecule has 0 amide bonds. The van der Waals surface area contributed by atoms with Crippen LogP contribution >= 0.6 is 0 Å². The fourth-order valence-electron chi connectivity index (χ4n) is 3.01. The molecule has 0 saturated heterocycles. The highest BCUT2D eigenvalue weighted by Gasteiger charge is 2.34. The normalized spacial score (nSPS) is 22.0. The molecule has 0 saturated carbocycles. The minimum atomic E-state index is 0.440. The summed E-state index contributed by atoms with van der Waals surface area (Å²) in [6, 6.07) is 9.00. The Morgan fingerprint density at radius 2 is 1.83 bits per heavy atom. The van der Waals surface area contributed by atoms with E-state index < -0.39 is 0 Å².